The molecule has 2 aromatic carbocycles. The molecule has 0 spiro atoms. The molecule has 0 aliphatic carbocycles. The Bertz CT molecular complexity index is 904. The molecular weight excluding hydrogens is 356 g/mol. The average Bonchev–Trinajstić information content (AvgIpc) is 3.26. The second-order valence-electron chi connectivity index (χ2n) is 6.98. The van der Waals surface area contributed by atoms with Gasteiger partial charge in [0.2, 0.25) is 11.8 Å². The van der Waals surface area contributed by atoms with Crippen molar-refractivity contribution < 1.29 is 14.4 Å². The van der Waals surface area contributed by atoms with E-state index >= 15 is 0 Å². The van der Waals surface area contributed by atoms with Gasteiger partial charge in [-0.15, -0.1) is 0 Å². The van der Waals surface area contributed by atoms with E-state index in [2.05, 4.69) is 10.6 Å². The first-order valence-corrected chi connectivity index (χ1v) is 9.44. The van der Waals surface area contributed by atoms with E-state index in [0.717, 1.165) is 31.6 Å². The van der Waals surface area contributed by atoms with Crippen LogP contribution in [0.15, 0.2) is 48.5 Å². The van der Waals surface area contributed by atoms with Gasteiger partial charge in [0.1, 0.15) is 6.54 Å². The van der Waals surface area contributed by atoms with Gasteiger partial charge < -0.3 is 15.5 Å². The van der Waals surface area contributed by atoms with Crippen molar-refractivity contribution in [2.45, 2.75) is 12.8 Å². The van der Waals surface area contributed by atoms with Gasteiger partial charge in [-0.25, -0.2) is 0 Å². The predicted molar refractivity (Wildman–Crippen MR) is 107 cm³/mol. The fourth-order valence-corrected chi connectivity index (χ4v) is 3.56. The molecule has 2 heterocycles. The summed E-state index contributed by atoms with van der Waals surface area (Å²) in [7, 11) is 0. The van der Waals surface area contributed by atoms with E-state index in [9.17, 15) is 14.4 Å². The van der Waals surface area contributed by atoms with E-state index in [-0.39, 0.29) is 30.8 Å². The number of nitrogens with zero attached hydrogens (tertiary/aromatic N) is 2. The van der Waals surface area contributed by atoms with Gasteiger partial charge in [-0.1, -0.05) is 12.1 Å². The van der Waals surface area contributed by atoms with Gasteiger partial charge in [-0.2, -0.15) is 0 Å². The monoisotopic (exact) mass is 378 g/mol. The van der Waals surface area contributed by atoms with E-state index in [1.807, 2.05) is 23.1 Å². The van der Waals surface area contributed by atoms with Gasteiger partial charge in [0, 0.05) is 24.3 Å². The molecule has 0 saturated carbocycles. The topological polar surface area (TPSA) is 81.8 Å². The lowest BCUT2D eigenvalue weighted by atomic mass is 10.1. The molecule has 1 saturated heterocycles. The minimum absolute atomic E-state index is 0.000795. The van der Waals surface area contributed by atoms with Crippen LogP contribution in [-0.4, -0.2) is 48.8 Å². The summed E-state index contributed by atoms with van der Waals surface area (Å²) >= 11 is 0. The number of para-hydroxylation sites is 2. The van der Waals surface area contributed by atoms with Gasteiger partial charge in [-0.3, -0.25) is 19.3 Å². The molecule has 0 radical (unpaired) electrons. The van der Waals surface area contributed by atoms with Gasteiger partial charge in [0.25, 0.3) is 5.91 Å². The molecule has 144 valence electrons. The van der Waals surface area contributed by atoms with Crippen LogP contribution in [0.1, 0.15) is 23.2 Å². The minimum atomic E-state index is -0.211. The molecule has 0 bridgehead atoms. The Kier molecular flexibility index (Phi) is 4.97. The maximum Gasteiger partial charge on any atom is 0.253 e. The van der Waals surface area contributed by atoms with Crippen molar-refractivity contribution in [2.75, 3.05) is 41.7 Å². The molecule has 7 heteroatoms. The van der Waals surface area contributed by atoms with Crippen LogP contribution in [0.5, 0.6) is 0 Å². The van der Waals surface area contributed by atoms with Crippen LogP contribution in [-0.2, 0) is 9.59 Å². The van der Waals surface area contributed by atoms with Crippen molar-refractivity contribution in [3.63, 3.8) is 0 Å². The molecular formula is C21H22N4O3. The molecule has 0 atom stereocenters. The molecule has 1 fully saturated rings. The van der Waals surface area contributed by atoms with E-state index in [1.165, 1.54) is 4.90 Å². The van der Waals surface area contributed by atoms with E-state index in [0.29, 0.717) is 16.9 Å². The van der Waals surface area contributed by atoms with Gasteiger partial charge >= 0.3 is 0 Å². The number of amides is 3. The molecule has 2 aliphatic heterocycles. The first-order chi connectivity index (χ1) is 13.6. The lowest BCUT2D eigenvalue weighted by molar-refractivity contribution is -0.120. The van der Waals surface area contributed by atoms with Crippen molar-refractivity contribution in [3.8, 4) is 0 Å². The summed E-state index contributed by atoms with van der Waals surface area (Å²) in [6, 6.07) is 14.4. The number of rotatable bonds is 4. The number of hydrogen-bond donors (Lipinski definition) is 2. The molecule has 0 aromatic heterocycles. The maximum absolute atomic E-state index is 12.7. The second-order valence-corrected chi connectivity index (χ2v) is 6.98. The van der Waals surface area contributed by atoms with Crippen LogP contribution >= 0.6 is 0 Å². The Morgan fingerprint density at radius 1 is 1.00 bits per heavy atom. The molecule has 2 aromatic rings. The van der Waals surface area contributed by atoms with Crippen LogP contribution < -0.4 is 15.5 Å². The first kappa shape index (κ1) is 18.0. The Hall–Kier alpha value is -3.35. The molecule has 0 unspecified atom stereocenters. The normalized spacial score (nSPS) is 15.8. The molecule has 2 aliphatic rings. The van der Waals surface area contributed by atoms with Gasteiger partial charge in [0.15, 0.2) is 0 Å². The number of benzene rings is 2. The van der Waals surface area contributed by atoms with Crippen molar-refractivity contribution in [1.29, 1.82) is 0 Å². The van der Waals surface area contributed by atoms with Crippen LogP contribution in [0.3, 0.4) is 0 Å². The number of carbonyl (C=O) groups is 3. The standard InChI is InChI=1S/C21H22N4O3/c26-19-14-25(18-6-2-1-5-17(18)23-19)20(27)13-22-16-9-7-15(8-10-16)21(28)24-11-3-4-12-24/h1-2,5-10,22H,3-4,11-14H2,(H,23,26). The zero-order valence-corrected chi connectivity index (χ0v) is 15.5. The minimum Gasteiger partial charge on any atom is -0.376 e. The van der Waals surface area contributed by atoms with Crippen molar-refractivity contribution in [1.82, 2.24) is 4.90 Å². The largest absolute Gasteiger partial charge is 0.376 e. The fourth-order valence-electron chi connectivity index (χ4n) is 3.56. The summed E-state index contributed by atoms with van der Waals surface area (Å²) < 4.78 is 0. The van der Waals surface area contributed by atoms with E-state index < -0.39 is 0 Å². The third-order valence-corrected chi connectivity index (χ3v) is 5.04. The lowest BCUT2D eigenvalue weighted by Crippen LogP contribution is -2.44. The third-order valence-electron chi connectivity index (χ3n) is 5.04. The first-order valence-electron chi connectivity index (χ1n) is 9.44. The smallest absolute Gasteiger partial charge is 0.253 e. The number of likely N-dealkylation sites (tertiary alicyclic amines) is 1. The number of carbonyl (C=O) groups excluding carboxylic acids is 3. The molecule has 3 amide bonds. The Morgan fingerprint density at radius 2 is 1.71 bits per heavy atom. The number of anilines is 3. The Labute approximate surface area is 163 Å². The SMILES string of the molecule is O=C1CN(C(=O)CNc2ccc(C(=O)N3CCCC3)cc2)c2ccccc2N1. The summed E-state index contributed by atoms with van der Waals surface area (Å²) in [5.74, 6) is -0.354. The summed E-state index contributed by atoms with van der Waals surface area (Å²) in [4.78, 5) is 40.2. The predicted octanol–water partition coefficient (Wildman–Crippen LogP) is 2.32. The van der Waals surface area contributed by atoms with Crippen LogP contribution in [0.4, 0.5) is 17.1 Å². The number of fused-ring (bicyclic) bond motifs is 1. The molecule has 7 nitrogen and oxygen atoms in total. The molecule has 4 rings (SSSR count). The Morgan fingerprint density at radius 3 is 2.46 bits per heavy atom. The maximum atomic E-state index is 12.7. The zero-order chi connectivity index (χ0) is 19.5. The second kappa shape index (κ2) is 7.72. The van der Waals surface area contributed by atoms with Crippen LogP contribution in [0.2, 0.25) is 0 Å². The highest BCUT2D eigenvalue weighted by Crippen LogP contribution is 2.28. The summed E-state index contributed by atoms with van der Waals surface area (Å²) in [6.45, 7) is 1.69. The van der Waals surface area contributed by atoms with Gasteiger partial charge in [0.05, 0.1) is 17.9 Å². The summed E-state index contributed by atoms with van der Waals surface area (Å²) in [6.07, 6.45) is 2.12. The lowest BCUT2D eigenvalue weighted by Gasteiger charge is -2.29. The highest BCUT2D eigenvalue weighted by molar-refractivity contribution is 6.10. The summed E-state index contributed by atoms with van der Waals surface area (Å²) in [5.41, 5.74) is 2.74. The summed E-state index contributed by atoms with van der Waals surface area (Å²) in [5, 5.41) is 5.84. The van der Waals surface area contributed by atoms with Crippen LogP contribution in [0, 0.1) is 0 Å². The Balaban J connectivity index is 1.39. The average molecular weight is 378 g/mol. The highest BCUT2D eigenvalue weighted by Gasteiger charge is 2.26. The van der Waals surface area contributed by atoms with Crippen LogP contribution in [0.25, 0.3) is 0 Å². The highest BCUT2D eigenvalue weighted by atomic mass is 16.2. The van der Waals surface area contributed by atoms with E-state index in [4.69, 9.17) is 0 Å². The number of nitrogens with one attached hydrogen (secondary N) is 2. The van der Waals surface area contributed by atoms with Crippen molar-refractivity contribution in [3.05, 3.63) is 54.1 Å². The quantitative estimate of drug-likeness (QED) is 0.856. The van der Waals surface area contributed by atoms with Crippen molar-refractivity contribution in [2.24, 2.45) is 0 Å². The molecule has 2 N–H and O–H groups in total. The number of hydrogen-bond acceptors (Lipinski definition) is 4. The fraction of sp³-hybridized carbons (Fsp3) is 0.286. The molecule has 28 heavy (non-hydrogen) atoms. The zero-order valence-electron chi connectivity index (χ0n) is 15.5. The van der Waals surface area contributed by atoms with E-state index in [1.54, 1.807) is 30.3 Å². The van der Waals surface area contributed by atoms with Gasteiger partial charge in [-0.05, 0) is 49.2 Å². The van der Waals surface area contributed by atoms with Crippen molar-refractivity contribution >= 4 is 34.8 Å². The third kappa shape index (κ3) is 3.69.